The molecule has 0 saturated carbocycles. The molecule has 0 aromatic carbocycles. The van der Waals surface area contributed by atoms with E-state index < -0.39 is 0 Å². The Morgan fingerprint density at radius 1 is 1.30 bits per heavy atom. The van der Waals surface area contributed by atoms with Crippen molar-refractivity contribution in [2.45, 2.75) is 33.1 Å². The van der Waals surface area contributed by atoms with Crippen molar-refractivity contribution in [3.63, 3.8) is 0 Å². The highest BCUT2D eigenvalue weighted by Gasteiger charge is 2.18. The van der Waals surface area contributed by atoms with E-state index in [4.69, 9.17) is 5.73 Å². The van der Waals surface area contributed by atoms with Gasteiger partial charge in [0.2, 0.25) is 5.13 Å². The second-order valence-electron chi connectivity index (χ2n) is 5.18. The summed E-state index contributed by atoms with van der Waals surface area (Å²) < 4.78 is 0. The average Bonchev–Trinajstić information content (AvgIpc) is 3.08. The molecule has 120 valence electrons. The molecule has 0 radical (unpaired) electrons. The van der Waals surface area contributed by atoms with Crippen molar-refractivity contribution in [3.05, 3.63) is 27.7 Å². The van der Waals surface area contributed by atoms with Gasteiger partial charge in [-0.3, -0.25) is 10.1 Å². The second kappa shape index (κ2) is 6.59. The molecule has 0 aliphatic heterocycles. The number of aromatic nitrogens is 3. The third kappa shape index (κ3) is 3.32. The van der Waals surface area contributed by atoms with Crippen LogP contribution in [0.4, 0.5) is 10.8 Å². The van der Waals surface area contributed by atoms with Gasteiger partial charge in [-0.05, 0) is 31.9 Å². The van der Waals surface area contributed by atoms with Crippen molar-refractivity contribution in [1.29, 1.82) is 0 Å². The fourth-order valence-electron chi connectivity index (χ4n) is 2.20. The lowest BCUT2D eigenvalue weighted by Crippen LogP contribution is -2.11. The molecular weight excluding hydrogens is 330 g/mol. The van der Waals surface area contributed by atoms with Crippen LogP contribution in [0.3, 0.4) is 0 Å². The third-order valence-electron chi connectivity index (χ3n) is 3.39. The molecule has 0 aliphatic carbocycles. The first-order valence-corrected chi connectivity index (χ1v) is 9.01. The highest BCUT2D eigenvalue weighted by Crippen LogP contribution is 2.33. The zero-order valence-electron chi connectivity index (χ0n) is 12.9. The summed E-state index contributed by atoms with van der Waals surface area (Å²) in [5.74, 6) is -0.267. The Morgan fingerprint density at radius 3 is 2.83 bits per heavy atom. The molecule has 1 amide bonds. The molecular formula is C15H17N5OS2. The number of rotatable bonds is 5. The lowest BCUT2D eigenvalue weighted by molar-refractivity contribution is 0.103. The Kier molecular flexibility index (Phi) is 4.53. The van der Waals surface area contributed by atoms with E-state index in [1.54, 1.807) is 0 Å². The van der Waals surface area contributed by atoms with E-state index in [1.807, 2.05) is 19.1 Å². The van der Waals surface area contributed by atoms with Gasteiger partial charge in [-0.25, -0.2) is 4.98 Å². The van der Waals surface area contributed by atoms with E-state index in [0.29, 0.717) is 15.7 Å². The number of carbonyl (C=O) groups excluding carboxylic acids is 1. The Hall–Kier alpha value is -2.06. The van der Waals surface area contributed by atoms with Gasteiger partial charge in [-0.1, -0.05) is 24.7 Å². The molecule has 0 atom stereocenters. The van der Waals surface area contributed by atoms with Crippen LogP contribution in [0, 0.1) is 6.92 Å². The summed E-state index contributed by atoms with van der Waals surface area (Å²) in [6, 6.07) is 3.93. The number of hydrogen-bond acceptors (Lipinski definition) is 7. The Bertz CT molecular complexity index is 855. The maximum atomic E-state index is 12.4. The maximum absolute atomic E-state index is 12.4. The monoisotopic (exact) mass is 347 g/mol. The number of fused-ring (bicyclic) bond motifs is 1. The smallest absolute Gasteiger partial charge is 0.269 e. The Labute approximate surface area is 141 Å². The maximum Gasteiger partial charge on any atom is 0.269 e. The molecule has 23 heavy (non-hydrogen) atoms. The van der Waals surface area contributed by atoms with Crippen LogP contribution in [0.5, 0.6) is 0 Å². The summed E-state index contributed by atoms with van der Waals surface area (Å²) >= 11 is 2.64. The number of hydrogen-bond donors (Lipinski definition) is 2. The molecule has 3 rings (SSSR count). The Morgan fingerprint density at radius 2 is 2.13 bits per heavy atom. The standard InChI is InChI=1S/C15H17N5OS2/c1-3-4-5-9-6-7-10-11(16)12(23-14(10)17-9)13(21)18-15-20-19-8(2)22-15/h6-7H,3-5,16H2,1-2H3,(H,18,20,21). The minimum atomic E-state index is -0.267. The van der Waals surface area contributed by atoms with Gasteiger partial charge in [0.05, 0.1) is 5.69 Å². The minimum Gasteiger partial charge on any atom is -0.397 e. The number of aryl methyl sites for hydroxylation is 2. The topological polar surface area (TPSA) is 93.8 Å². The summed E-state index contributed by atoms with van der Waals surface area (Å²) in [6.07, 6.45) is 3.17. The molecule has 3 aromatic heterocycles. The second-order valence-corrected chi connectivity index (χ2v) is 7.36. The van der Waals surface area contributed by atoms with E-state index in [2.05, 4.69) is 27.4 Å². The van der Waals surface area contributed by atoms with Crippen molar-refractivity contribution < 1.29 is 4.79 Å². The predicted octanol–water partition coefficient (Wildman–Crippen LogP) is 3.63. The zero-order valence-corrected chi connectivity index (χ0v) is 14.6. The summed E-state index contributed by atoms with van der Waals surface area (Å²) in [4.78, 5) is 18.3. The molecule has 3 N–H and O–H groups in total. The summed E-state index contributed by atoms with van der Waals surface area (Å²) in [6.45, 7) is 3.99. The molecule has 3 heterocycles. The lowest BCUT2D eigenvalue weighted by atomic mass is 10.1. The first-order valence-electron chi connectivity index (χ1n) is 7.38. The van der Waals surface area contributed by atoms with Gasteiger partial charge in [-0.2, -0.15) is 0 Å². The summed E-state index contributed by atoms with van der Waals surface area (Å²) in [7, 11) is 0. The lowest BCUT2D eigenvalue weighted by Gasteiger charge is -1.99. The fourth-order valence-corrected chi connectivity index (χ4v) is 3.80. The van der Waals surface area contributed by atoms with Crippen LogP contribution >= 0.6 is 22.7 Å². The fraction of sp³-hybridized carbons (Fsp3) is 0.333. The third-order valence-corrected chi connectivity index (χ3v) is 5.26. The number of amides is 1. The molecule has 8 heteroatoms. The number of carbonyl (C=O) groups is 1. The van der Waals surface area contributed by atoms with E-state index >= 15 is 0 Å². The van der Waals surface area contributed by atoms with Crippen LogP contribution < -0.4 is 11.1 Å². The molecule has 0 bridgehead atoms. The van der Waals surface area contributed by atoms with E-state index in [1.165, 1.54) is 22.7 Å². The van der Waals surface area contributed by atoms with Gasteiger partial charge in [0, 0.05) is 11.1 Å². The number of nitrogen functional groups attached to an aromatic ring is 1. The van der Waals surface area contributed by atoms with Crippen molar-refractivity contribution in [1.82, 2.24) is 15.2 Å². The summed E-state index contributed by atoms with van der Waals surface area (Å²) in [5, 5.41) is 12.6. The van der Waals surface area contributed by atoms with Crippen LogP contribution in [0.15, 0.2) is 12.1 Å². The summed E-state index contributed by atoms with van der Waals surface area (Å²) in [5.41, 5.74) is 7.63. The van der Waals surface area contributed by atoms with Gasteiger partial charge in [-0.15, -0.1) is 21.5 Å². The molecule has 3 aromatic rings. The van der Waals surface area contributed by atoms with Crippen molar-refractivity contribution in [2.24, 2.45) is 0 Å². The van der Waals surface area contributed by atoms with Crippen molar-refractivity contribution in [2.75, 3.05) is 11.1 Å². The van der Waals surface area contributed by atoms with Crippen LogP contribution in [-0.4, -0.2) is 21.1 Å². The first-order chi connectivity index (χ1) is 11.1. The molecule has 0 aliphatic rings. The van der Waals surface area contributed by atoms with E-state index in [0.717, 1.165) is 40.2 Å². The number of nitrogens with zero attached hydrogens (tertiary/aromatic N) is 3. The van der Waals surface area contributed by atoms with Crippen molar-refractivity contribution >= 4 is 49.6 Å². The molecule has 6 nitrogen and oxygen atoms in total. The number of nitrogens with one attached hydrogen (secondary N) is 1. The quantitative estimate of drug-likeness (QED) is 0.735. The number of anilines is 2. The van der Waals surface area contributed by atoms with Crippen LogP contribution in [0.2, 0.25) is 0 Å². The number of pyridine rings is 1. The number of thiophene rings is 1. The van der Waals surface area contributed by atoms with Crippen LogP contribution in [0.25, 0.3) is 10.2 Å². The van der Waals surface area contributed by atoms with Crippen molar-refractivity contribution in [3.8, 4) is 0 Å². The van der Waals surface area contributed by atoms with Gasteiger partial charge < -0.3 is 5.73 Å². The Balaban J connectivity index is 1.88. The van der Waals surface area contributed by atoms with Gasteiger partial charge in [0.15, 0.2) is 0 Å². The SMILES string of the molecule is CCCCc1ccc2c(N)c(C(=O)Nc3nnc(C)s3)sc2n1. The minimum absolute atomic E-state index is 0.267. The van der Waals surface area contributed by atoms with Gasteiger partial charge >= 0.3 is 0 Å². The molecule has 0 fully saturated rings. The molecule has 0 unspecified atom stereocenters. The van der Waals surface area contributed by atoms with E-state index in [9.17, 15) is 4.79 Å². The average molecular weight is 347 g/mol. The zero-order chi connectivity index (χ0) is 16.4. The highest BCUT2D eigenvalue weighted by molar-refractivity contribution is 7.21. The predicted molar refractivity (Wildman–Crippen MR) is 95.2 cm³/mol. The van der Waals surface area contributed by atoms with Gasteiger partial charge in [0.1, 0.15) is 14.7 Å². The normalized spacial score (nSPS) is 11.0. The highest BCUT2D eigenvalue weighted by atomic mass is 32.1. The largest absolute Gasteiger partial charge is 0.397 e. The van der Waals surface area contributed by atoms with Gasteiger partial charge in [0.25, 0.3) is 5.91 Å². The number of unbranched alkanes of at least 4 members (excludes halogenated alkanes) is 1. The van der Waals surface area contributed by atoms with Crippen LogP contribution in [0.1, 0.15) is 40.1 Å². The van der Waals surface area contributed by atoms with Crippen LogP contribution in [-0.2, 0) is 6.42 Å². The molecule has 0 saturated heterocycles. The first kappa shape index (κ1) is 15.8. The number of nitrogens with two attached hydrogens (primary N) is 1. The van der Waals surface area contributed by atoms with E-state index in [-0.39, 0.29) is 5.91 Å². The molecule has 0 spiro atoms.